The number of amides is 1. The first kappa shape index (κ1) is 11.0. The molecule has 0 saturated heterocycles. The van der Waals surface area contributed by atoms with E-state index in [1.807, 2.05) is 29.7 Å². The van der Waals surface area contributed by atoms with E-state index in [0.717, 1.165) is 17.0 Å². The van der Waals surface area contributed by atoms with Crippen LogP contribution in [0.4, 0.5) is 5.69 Å². The van der Waals surface area contributed by atoms with Crippen LogP contribution in [0.1, 0.15) is 12.5 Å². The molecule has 1 aliphatic heterocycles. The van der Waals surface area contributed by atoms with E-state index >= 15 is 0 Å². The van der Waals surface area contributed by atoms with Crippen molar-refractivity contribution in [1.29, 1.82) is 0 Å². The average molecular weight is 236 g/mol. The summed E-state index contributed by atoms with van der Waals surface area (Å²) in [4.78, 5) is 10.8. The number of hydrogen-bond acceptors (Lipinski definition) is 4. The van der Waals surface area contributed by atoms with Crippen LogP contribution < -0.4 is 11.1 Å². The van der Waals surface area contributed by atoms with Crippen molar-refractivity contribution in [3.63, 3.8) is 0 Å². The van der Waals surface area contributed by atoms with Crippen molar-refractivity contribution >= 4 is 29.1 Å². The van der Waals surface area contributed by atoms with Crippen molar-refractivity contribution < 1.29 is 9.53 Å². The summed E-state index contributed by atoms with van der Waals surface area (Å²) in [6.07, 6.45) is 0. The Morgan fingerprint density at radius 1 is 1.44 bits per heavy atom. The van der Waals surface area contributed by atoms with Gasteiger partial charge in [-0.1, -0.05) is 11.8 Å². The minimum absolute atomic E-state index is 0.0818. The summed E-state index contributed by atoms with van der Waals surface area (Å²) in [7, 11) is 0. The summed E-state index contributed by atoms with van der Waals surface area (Å²) in [5.41, 5.74) is 7.00. The van der Waals surface area contributed by atoms with Crippen molar-refractivity contribution in [2.24, 2.45) is 5.73 Å². The number of thioether (sulfide) groups is 1. The first-order valence-electron chi connectivity index (χ1n) is 4.81. The van der Waals surface area contributed by atoms with Crippen molar-refractivity contribution in [1.82, 2.24) is 0 Å². The Morgan fingerprint density at radius 2 is 2.12 bits per heavy atom. The Bertz CT molecular complexity index is 428. The second-order valence-electron chi connectivity index (χ2n) is 3.36. The molecule has 2 rings (SSSR count). The van der Waals surface area contributed by atoms with E-state index in [4.69, 9.17) is 10.5 Å². The molecule has 0 aromatic heterocycles. The van der Waals surface area contributed by atoms with Crippen molar-refractivity contribution in [2.75, 3.05) is 5.32 Å². The van der Waals surface area contributed by atoms with Gasteiger partial charge < -0.3 is 10.1 Å². The number of carbonyl (C=O) groups is 1. The van der Waals surface area contributed by atoms with E-state index in [1.54, 1.807) is 0 Å². The van der Waals surface area contributed by atoms with Crippen LogP contribution in [-0.4, -0.2) is 11.5 Å². The van der Waals surface area contributed by atoms with Crippen molar-refractivity contribution in [2.45, 2.75) is 12.5 Å². The van der Waals surface area contributed by atoms with E-state index in [9.17, 15) is 4.79 Å². The van der Waals surface area contributed by atoms with Crippen LogP contribution in [0.3, 0.4) is 0 Å². The fraction of sp³-hybridized carbons (Fsp3) is 0.182. The minimum Gasteiger partial charge on any atom is -0.465 e. The van der Waals surface area contributed by atoms with Gasteiger partial charge in [-0.3, -0.25) is 10.5 Å². The molecule has 3 N–H and O–H groups in total. The van der Waals surface area contributed by atoms with Crippen molar-refractivity contribution in [3.8, 4) is 0 Å². The van der Waals surface area contributed by atoms with Crippen molar-refractivity contribution in [3.05, 3.63) is 35.2 Å². The van der Waals surface area contributed by atoms with E-state index in [1.165, 1.54) is 18.7 Å². The second kappa shape index (κ2) is 4.59. The highest BCUT2D eigenvalue weighted by molar-refractivity contribution is 8.02. The lowest BCUT2D eigenvalue weighted by Crippen LogP contribution is -2.13. The molecule has 1 amide bonds. The summed E-state index contributed by atoms with van der Waals surface area (Å²) < 4.78 is 5.38. The summed E-state index contributed by atoms with van der Waals surface area (Å²) in [5, 5.41) is 4.59. The van der Waals surface area contributed by atoms with Gasteiger partial charge in [-0.25, -0.2) is 0 Å². The predicted octanol–water partition coefficient (Wildman–Crippen LogP) is 1.95. The molecule has 0 radical (unpaired) electrons. The topological polar surface area (TPSA) is 64.4 Å². The molecule has 0 bridgehead atoms. The lowest BCUT2D eigenvalue weighted by molar-refractivity contribution is -0.114. The molecule has 1 aromatic carbocycles. The molecule has 5 heteroatoms. The molecule has 1 unspecified atom stereocenters. The molecule has 0 spiro atoms. The monoisotopic (exact) mass is 236 g/mol. The Kier molecular flexibility index (Phi) is 3.17. The fourth-order valence-corrected chi connectivity index (χ4v) is 1.98. The molecule has 1 atom stereocenters. The Labute approximate surface area is 97.8 Å². The van der Waals surface area contributed by atoms with Crippen LogP contribution >= 0.6 is 11.8 Å². The first-order chi connectivity index (χ1) is 7.65. The third kappa shape index (κ3) is 2.56. The van der Waals surface area contributed by atoms with Gasteiger partial charge in [-0.2, -0.15) is 0 Å². The molecule has 4 nitrogen and oxygen atoms in total. The lowest BCUT2D eigenvalue weighted by Gasteiger charge is -2.08. The molecule has 0 saturated carbocycles. The molecular formula is C11H12N2O2S. The van der Waals surface area contributed by atoms with Crippen LogP contribution in [0.25, 0.3) is 5.76 Å². The number of anilines is 1. The van der Waals surface area contributed by atoms with Gasteiger partial charge in [0.2, 0.25) is 5.91 Å². The van der Waals surface area contributed by atoms with Gasteiger partial charge in [0.1, 0.15) is 5.76 Å². The Morgan fingerprint density at radius 3 is 2.62 bits per heavy atom. The number of hydrogen-bond donors (Lipinski definition) is 2. The standard InChI is InChI=1S/C11H12N2O2S/c1-7(14)13-9-4-2-8(3-5-9)10-6-16-11(12)15-10/h2-6,11H,12H2,1H3,(H,13,14). The van der Waals surface area contributed by atoms with Crippen LogP contribution in [0.2, 0.25) is 0 Å². The normalized spacial score (nSPS) is 18.9. The Balaban J connectivity index is 2.10. The van der Waals surface area contributed by atoms with Gasteiger partial charge in [0.25, 0.3) is 0 Å². The molecule has 16 heavy (non-hydrogen) atoms. The largest absolute Gasteiger partial charge is 0.465 e. The quantitative estimate of drug-likeness (QED) is 0.823. The maximum absolute atomic E-state index is 10.8. The van der Waals surface area contributed by atoms with Gasteiger partial charge in [-0.15, -0.1) is 0 Å². The number of benzene rings is 1. The molecule has 1 aliphatic rings. The highest BCUT2D eigenvalue weighted by atomic mass is 32.2. The van der Waals surface area contributed by atoms with E-state index in [-0.39, 0.29) is 11.5 Å². The van der Waals surface area contributed by atoms with Crippen LogP contribution in [0.5, 0.6) is 0 Å². The van der Waals surface area contributed by atoms with Gasteiger partial charge >= 0.3 is 0 Å². The van der Waals surface area contributed by atoms with Gasteiger partial charge in [0, 0.05) is 23.6 Å². The molecule has 0 aliphatic carbocycles. The Hall–Kier alpha value is -1.46. The van der Waals surface area contributed by atoms with Gasteiger partial charge in [-0.05, 0) is 24.3 Å². The minimum atomic E-state index is -0.315. The zero-order valence-corrected chi connectivity index (χ0v) is 9.58. The number of rotatable bonds is 2. The number of nitrogens with one attached hydrogen (secondary N) is 1. The second-order valence-corrected chi connectivity index (χ2v) is 4.34. The fourth-order valence-electron chi connectivity index (χ4n) is 1.37. The van der Waals surface area contributed by atoms with Gasteiger partial charge in [0.15, 0.2) is 5.56 Å². The summed E-state index contributed by atoms with van der Waals surface area (Å²) in [6.45, 7) is 1.48. The molecule has 0 fully saturated rings. The maximum Gasteiger partial charge on any atom is 0.221 e. The first-order valence-corrected chi connectivity index (χ1v) is 5.75. The molecule has 1 aromatic rings. The van der Waals surface area contributed by atoms with Crippen LogP contribution in [0.15, 0.2) is 29.7 Å². The zero-order valence-electron chi connectivity index (χ0n) is 8.77. The molecular weight excluding hydrogens is 224 g/mol. The maximum atomic E-state index is 10.8. The number of nitrogens with two attached hydrogens (primary N) is 1. The summed E-state index contributed by atoms with van der Waals surface area (Å²) in [5.74, 6) is 0.688. The molecule has 84 valence electrons. The van der Waals surface area contributed by atoms with Crippen LogP contribution in [0, 0.1) is 0 Å². The van der Waals surface area contributed by atoms with E-state index in [2.05, 4.69) is 5.32 Å². The third-order valence-corrected chi connectivity index (χ3v) is 2.76. The van der Waals surface area contributed by atoms with E-state index < -0.39 is 0 Å². The lowest BCUT2D eigenvalue weighted by atomic mass is 10.2. The smallest absolute Gasteiger partial charge is 0.221 e. The highest BCUT2D eigenvalue weighted by Crippen LogP contribution is 2.31. The molecule has 1 heterocycles. The predicted molar refractivity (Wildman–Crippen MR) is 65.4 cm³/mol. The number of ether oxygens (including phenoxy) is 1. The van der Waals surface area contributed by atoms with E-state index in [0.29, 0.717) is 0 Å². The average Bonchev–Trinajstić information content (AvgIpc) is 2.65. The highest BCUT2D eigenvalue weighted by Gasteiger charge is 2.15. The third-order valence-electron chi connectivity index (χ3n) is 2.04. The zero-order chi connectivity index (χ0) is 11.5. The summed E-state index contributed by atoms with van der Waals surface area (Å²) in [6, 6.07) is 7.43. The number of carbonyl (C=O) groups excluding carboxylic acids is 1. The SMILES string of the molecule is CC(=O)Nc1ccc(C2=CSC(N)O2)cc1. The van der Waals surface area contributed by atoms with Gasteiger partial charge in [0.05, 0.1) is 0 Å². The summed E-state index contributed by atoms with van der Waals surface area (Å²) >= 11 is 1.44. The van der Waals surface area contributed by atoms with Crippen LogP contribution in [-0.2, 0) is 9.53 Å².